The van der Waals surface area contributed by atoms with E-state index in [1.54, 1.807) is 59.3 Å². The maximum absolute atomic E-state index is 13.2. The molecule has 1 saturated heterocycles. The average Bonchev–Trinajstić information content (AvgIpc) is 2.85. The van der Waals surface area contributed by atoms with Crippen molar-refractivity contribution < 1.29 is 9.59 Å². The van der Waals surface area contributed by atoms with Crippen molar-refractivity contribution in [2.45, 2.75) is 24.9 Å². The van der Waals surface area contributed by atoms with Gasteiger partial charge >= 0.3 is 6.03 Å². The summed E-state index contributed by atoms with van der Waals surface area (Å²) < 4.78 is 1.74. The minimum Gasteiger partial charge on any atom is -0.322 e. The van der Waals surface area contributed by atoms with E-state index in [0.29, 0.717) is 29.4 Å². The third-order valence-corrected chi connectivity index (χ3v) is 6.00. The normalized spacial score (nSPS) is 15.3. The average molecular weight is 480 g/mol. The summed E-state index contributed by atoms with van der Waals surface area (Å²) in [6.07, 6.45) is 3.26. The van der Waals surface area contributed by atoms with Crippen LogP contribution < -0.4 is 21.6 Å². The molecule has 0 spiro atoms. The van der Waals surface area contributed by atoms with E-state index in [4.69, 9.17) is 11.6 Å². The van der Waals surface area contributed by atoms with Crippen molar-refractivity contribution in [3.63, 3.8) is 0 Å². The molecule has 2 heterocycles. The van der Waals surface area contributed by atoms with Crippen LogP contribution in [0.3, 0.4) is 0 Å². The van der Waals surface area contributed by atoms with Gasteiger partial charge in [-0.3, -0.25) is 15.0 Å². The summed E-state index contributed by atoms with van der Waals surface area (Å²) in [6, 6.07) is 19.6. The van der Waals surface area contributed by atoms with Crippen molar-refractivity contribution in [2.24, 2.45) is 0 Å². The molecule has 176 valence electrons. The van der Waals surface area contributed by atoms with E-state index in [1.807, 2.05) is 29.3 Å². The Kier molecular flexibility index (Phi) is 7.61. The van der Waals surface area contributed by atoms with Crippen LogP contribution in [0.4, 0.5) is 10.5 Å². The Morgan fingerprint density at radius 2 is 1.59 bits per heavy atom. The van der Waals surface area contributed by atoms with Gasteiger partial charge in [-0.2, -0.15) is 0 Å². The highest BCUT2D eigenvalue weighted by Gasteiger charge is 2.27. The number of hydrogen-bond acceptors (Lipinski definition) is 4. The molecule has 1 aliphatic heterocycles. The standard InChI is InChI=1S/C25H26ClN5O3/c26-19-9-11-20(12-10-19)27-25(34)28-23(18-6-2-1-3-7-18)24(33)29-30-16-13-21(14-17-30)31-15-5-4-8-22(31)32/h1-12,15,21,23H,13-14,16-17H2,(H,29,33)(H2,27,28,34). The van der Waals surface area contributed by atoms with E-state index in [1.165, 1.54) is 0 Å². The molecule has 8 nitrogen and oxygen atoms in total. The van der Waals surface area contributed by atoms with Gasteiger partial charge in [0.1, 0.15) is 6.04 Å². The molecule has 1 atom stereocenters. The summed E-state index contributed by atoms with van der Waals surface area (Å²) in [5.41, 5.74) is 4.13. The first-order valence-electron chi connectivity index (χ1n) is 11.1. The monoisotopic (exact) mass is 479 g/mol. The molecule has 34 heavy (non-hydrogen) atoms. The zero-order valence-electron chi connectivity index (χ0n) is 18.5. The van der Waals surface area contributed by atoms with Crippen LogP contribution in [-0.4, -0.2) is 34.6 Å². The van der Waals surface area contributed by atoms with Crippen molar-refractivity contribution in [1.82, 2.24) is 20.3 Å². The number of nitrogens with one attached hydrogen (secondary N) is 3. The Morgan fingerprint density at radius 1 is 0.912 bits per heavy atom. The van der Waals surface area contributed by atoms with E-state index in [-0.39, 0.29) is 17.5 Å². The number of urea groups is 1. The van der Waals surface area contributed by atoms with E-state index in [2.05, 4.69) is 16.1 Å². The summed E-state index contributed by atoms with van der Waals surface area (Å²) in [7, 11) is 0. The number of hydrogen-bond donors (Lipinski definition) is 3. The van der Waals surface area contributed by atoms with Gasteiger partial charge in [-0.25, -0.2) is 9.80 Å². The molecule has 0 aliphatic carbocycles. The highest BCUT2D eigenvalue weighted by Crippen LogP contribution is 2.21. The number of rotatable bonds is 6. The van der Waals surface area contributed by atoms with E-state index in [0.717, 1.165) is 12.8 Å². The molecule has 1 aliphatic rings. The minimum absolute atomic E-state index is 0.0231. The first kappa shape index (κ1) is 23.5. The highest BCUT2D eigenvalue weighted by molar-refractivity contribution is 6.30. The second-order valence-corrected chi connectivity index (χ2v) is 8.53. The van der Waals surface area contributed by atoms with Crippen LogP contribution in [0.25, 0.3) is 0 Å². The molecule has 0 saturated carbocycles. The number of carbonyl (C=O) groups excluding carboxylic acids is 2. The molecule has 0 radical (unpaired) electrons. The lowest BCUT2D eigenvalue weighted by Crippen LogP contribution is -2.51. The molecule has 4 rings (SSSR count). The fourth-order valence-corrected chi connectivity index (χ4v) is 4.12. The SMILES string of the molecule is O=C(Nc1ccc(Cl)cc1)NC(C(=O)NN1CCC(n2ccccc2=O)CC1)c1ccccc1. The van der Waals surface area contributed by atoms with Gasteiger partial charge in [-0.05, 0) is 48.7 Å². The van der Waals surface area contributed by atoms with Crippen LogP contribution in [0.2, 0.25) is 5.02 Å². The molecule has 3 aromatic rings. The van der Waals surface area contributed by atoms with Crippen LogP contribution in [0.1, 0.15) is 30.5 Å². The Bertz CT molecular complexity index is 1170. The molecule has 3 N–H and O–H groups in total. The highest BCUT2D eigenvalue weighted by atomic mass is 35.5. The third-order valence-electron chi connectivity index (χ3n) is 5.75. The fraction of sp³-hybridized carbons (Fsp3) is 0.240. The second kappa shape index (κ2) is 11.0. The molecular weight excluding hydrogens is 454 g/mol. The number of aromatic nitrogens is 1. The summed E-state index contributed by atoms with van der Waals surface area (Å²) in [5, 5.41) is 7.88. The summed E-state index contributed by atoms with van der Waals surface area (Å²) in [4.78, 5) is 37.9. The van der Waals surface area contributed by atoms with Crippen molar-refractivity contribution in [3.05, 3.63) is 99.9 Å². The largest absolute Gasteiger partial charge is 0.322 e. The van der Waals surface area contributed by atoms with Crippen molar-refractivity contribution in [1.29, 1.82) is 0 Å². The fourth-order valence-electron chi connectivity index (χ4n) is 3.99. The lowest BCUT2D eigenvalue weighted by molar-refractivity contribution is -0.128. The molecular formula is C25H26ClN5O3. The topological polar surface area (TPSA) is 95.5 Å². The molecule has 3 amide bonds. The number of anilines is 1. The van der Waals surface area contributed by atoms with Gasteiger partial charge in [0, 0.05) is 42.1 Å². The predicted molar refractivity (Wildman–Crippen MR) is 131 cm³/mol. The number of piperidine rings is 1. The first-order chi connectivity index (χ1) is 16.5. The number of pyridine rings is 1. The maximum atomic E-state index is 13.2. The van der Waals surface area contributed by atoms with Crippen LogP contribution in [0.15, 0.2) is 83.8 Å². The zero-order chi connectivity index (χ0) is 23.9. The van der Waals surface area contributed by atoms with Gasteiger partial charge in [-0.1, -0.05) is 48.0 Å². The van der Waals surface area contributed by atoms with Gasteiger partial charge in [0.25, 0.3) is 11.5 Å². The molecule has 2 aromatic carbocycles. The number of carbonyl (C=O) groups is 2. The van der Waals surface area contributed by atoms with E-state index in [9.17, 15) is 14.4 Å². The van der Waals surface area contributed by atoms with Gasteiger partial charge in [0.05, 0.1) is 0 Å². The lowest BCUT2D eigenvalue weighted by Gasteiger charge is -2.33. The summed E-state index contributed by atoms with van der Waals surface area (Å²) in [6.45, 7) is 1.19. The van der Waals surface area contributed by atoms with Gasteiger partial charge in [-0.15, -0.1) is 0 Å². The lowest BCUT2D eigenvalue weighted by atomic mass is 10.1. The van der Waals surface area contributed by atoms with Gasteiger partial charge < -0.3 is 15.2 Å². The van der Waals surface area contributed by atoms with Crippen LogP contribution >= 0.6 is 11.6 Å². The van der Waals surface area contributed by atoms with Gasteiger partial charge in [0.2, 0.25) is 0 Å². The van der Waals surface area contributed by atoms with E-state index >= 15 is 0 Å². The second-order valence-electron chi connectivity index (χ2n) is 8.09. The number of amides is 3. The number of nitrogens with zero attached hydrogens (tertiary/aromatic N) is 2. The van der Waals surface area contributed by atoms with Crippen molar-refractivity contribution in [3.8, 4) is 0 Å². The van der Waals surface area contributed by atoms with E-state index < -0.39 is 12.1 Å². The Balaban J connectivity index is 1.39. The quantitative estimate of drug-likeness (QED) is 0.502. The smallest absolute Gasteiger partial charge is 0.320 e. The summed E-state index contributed by atoms with van der Waals surface area (Å²) in [5.74, 6) is -0.340. The maximum Gasteiger partial charge on any atom is 0.320 e. The Hall–Kier alpha value is -3.62. The molecule has 1 aromatic heterocycles. The predicted octanol–water partition coefficient (Wildman–Crippen LogP) is 3.73. The molecule has 1 unspecified atom stereocenters. The molecule has 0 bridgehead atoms. The van der Waals surface area contributed by atoms with Crippen LogP contribution in [0, 0.1) is 0 Å². The summed E-state index contributed by atoms with van der Waals surface area (Å²) >= 11 is 5.90. The first-order valence-corrected chi connectivity index (χ1v) is 11.5. The molecule has 1 fully saturated rings. The number of halogens is 1. The van der Waals surface area contributed by atoms with Crippen molar-refractivity contribution >= 4 is 29.2 Å². The molecule has 9 heteroatoms. The number of hydrazine groups is 1. The Labute approximate surface area is 202 Å². The number of benzene rings is 2. The van der Waals surface area contributed by atoms with Crippen LogP contribution in [0.5, 0.6) is 0 Å². The minimum atomic E-state index is -0.886. The van der Waals surface area contributed by atoms with Crippen LogP contribution in [-0.2, 0) is 4.79 Å². The van der Waals surface area contributed by atoms with Crippen molar-refractivity contribution in [2.75, 3.05) is 18.4 Å². The Morgan fingerprint density at radius 3 is 2.26 bits per heavy atom. The zero-order valence-corrected chi connectivity index (χ0v) is 19.2. The van der Waals surface area contributed by atoms with Gasteiger partial charge in [0.15, 0.2) is 0 Å². The third kappa shape index (κ3) is 6.03.